The topological polar surface area (TPSA) is 17.1 Å². The van der Waals surface area contributed by atoms with Crippen LogP contribution in [0.15, 0.2) is 8.26 Å². The third kappa shape index (κ3) is 1.86. The van der Waals surface area contributed by atoms with Crippen LogP contribution in [0, 0.1) is 0 Å². The van der Waals surface area contributed by atoms with Gasteiger partial charge in [-0.1, -0.05) is 11.6 Å². The second kappa shape index (κ2) is 3.56. The Bertz CT molecular complexity index is 308. The Balaban J connectivity index is 3.34. The molecule has 0 saturated heterocycles. The molecule has 0 amide bonds. The number of hydrogen-bond donors (Lipinski definition) is 0. The van der Waals surface area contributed by atoms with E-state index in [1.807, 2.05) is 0 Å². The second-order valence-electron chi connectivity index (χ2n) is 1.89. The van der Waals surface area contributed by atoms with Crippen LogP contribution in [0.3, 0.4) is 0 Å². The van der Waals surface area contributed by atoms with Gasteiger partial charge in [0.1, 0.15) is 4.34 Å². The van der Waals surface area contributed by atoms with Crippen molar-refractivity contribution in [2.24, 2.45) is 0 Å². The highest BCUT2D eigenvalue weighted by atomic mass is 79.9. The van der Waals surface area contributed by atoms with Crippen molar-refractivity contribution >= 4 is 60.6 Å². The van der Waals surface area contributed by atoms with E-state index >= 15 is 0 Å². The minimum absolute atomic E-state index is 0.00639. The van der Waals surface area contributed by atoms with E-state index in [9.17, 15) is 4.79 Å². The van der Waals surface area contributed by atoms with Gasteiger partial charge in [-0.3, -0.25) is 4.79 Å². The Morgan fingerprint density at radius 3 is 2.27 bits per heavy atom. The predicted octanol–water partition coefficient (Wildman–Crippen LogP) is 4.13. The van der Waals surface area contributed by atoms with E-state index in [1.54, 1.807) is 0 Å². The molecule has 0 spiro atoms. The number of rotatable bonds is 1. The minimum atomic E-state index is 0.00639. The van der Waals surface area contributed by atoms with Gasteiger partial charge in [-0.05, 0) is 38.8 Å². The first-order valence-electron chi connectivity index (χ1n) is 2.68. The third-order valence-corrected chi connectivity index (χ3v) is 4.47. The van der Waals surface area contributed by atoms with Crippen molar-refractivity contribution in [1.29, 1.82) is 0 Å². The van der Waals surface area contributed by atoms with Crippen molar-refractivity contribution in [3.63, 3.8) is 0 Å². The van der Waals surface area contributed by atoms with Crippen LogP contribution in [0.4, 0.5) is 0 Å². The van der Waals surface area contributed by atoms with E-state index in [1.165, 1.54) is 18.3 Å². The highest BCUT2D eigenvalue weighted by Gasteiger charge is 2.16. The van der Waals surface area contributed by atoms with Gasteiger partial charge in [0, 0.05) is 0 Å². The van der Waals surface area contributed by atoms with Gasteiger partial charge in [0.25, 0.3) is 0 Å². The molecule has 5 heteroatoms. The zero-order chi connectivity index (χ0) is 8.59. The van der Waals surface area contributed by atoms with Crippen molar-refractivity contribution < 1.29 is 4.79 Å². The van der Waals surface area contributed by atoms with E-state index in [0.29, 0.717) is 14.4 Å². The molecule has 0 fully saturated rings. The lowest BCUT2D eigenvalue weighted by molar-refractivity contribution is 0.101. The highest BCUT2D eigenvalue weighted by molar-refractivity contribution is 9.11. The molecule has 0 aliphatic heterocycles. The zero-order valence-electron chi connectivity index (χ0n) is 5.45. The van der Waals surface area contributed by atoms with Crippen LogP contribution in [-0.2, 0) is 0 Å². The molecule has 1 rings (SSSR count). The summed E-state index contributed by atoms with van der Waals surface area (Å²) < 4.78 is 2.06. The Kier molecular flexibility index (Phi) is 3.14. The molecule has 0 bridgehead atoms. The summed E-state index contributed by atoms with van der Waals surface area (Å²) in [6.45, 7) is 1.51. The maximum Gasteiger partial charge on any atom is 0.162 e. The number of Topliss-reactive ketones (excluding diaryl/α,β-unsaturated/α-hetero) is 1. The van der Waals surface area contributed by atoms with Crippen molar-refractivity contribution in [3.05, 3.63) is 18.2 Å². The Labute approximate surface area is 90.0 Å². The summed E-state index contributed by atoms with van der Waals surface area (Å²) in [5.41, 5.74) is 0.625. The lowest BCUT2D eigenvalue weighted by Crippen LogP contribution is -1.89. The van der Waals surface area contributed by atoms with Crippen LogP contribution in [0.1, 0.15) is 17.3 Å². The smallest absolute Gasteiger partial charge is 0.162 e. The molecule has 0 saturated carbocycles. The standard InChI is InChI=1S/C6H3Br2ClOS/c1-2(10)3-4(7)6(9)11-5(3)8/h1H3. The SMILES string of the molecule is CC(=O)c1c(Br)sc(Cl)c1Br. The predicted molar refractivity (Wildman–Crippen MR) is 54.7 cm³/mol. The molecular formula is C6H3Br2ClOS. The average molecular weight is 318 g/mol. The quantitative estimate of drug-likeness (QED) is 0.712. The van der Waals surface area contributed by atoms with E-state index in [0.717, 1.165) is 3.79 Å². The summed E-state index contributed by atoms with van der Waals surface area (Å²) >= 11 is 13.6. The van der Waals surface area contributed by atoms with Crippen LogP contribution >= 0.6 is 54.8 Å². The number of carbonyl (C=O) groups is 1. The van der Waals surface area contributed by atoms with Crippen molar-refractivity contribution in [2.75, 3.05) is 0 Å². The zero-order valence-corrected chi connectivity index (χ0v) is 10.2. The molecule has 1 heterocycles. The molecule has 1 nitrogen and oxygen atoms in total. The highest BCUT2D eigenvalue weighted by Crippen LogP contribution is 2.40. The monoisotopic (exact) mass is 316 g/mol. The first-order valence-corrected chi connectivity index (χ1v) is 5.46. The molecule has 1 aromatic heterocycles. The van der Waals surface area contributed by atoms with Gasteiger partial charge in [0.05, 0.1) is 13.8 Å². The average Bonchev–Trinajstić information content (AvgIpc) is 2.07. The number of thiophene rings is 1. The largest absolute Gasteiger partial charge is 0.294 e. The van der Waals surface area contributed by atoms with Crippen LogP contribution in [-0.4, -0.2) is 5.78 Å². The summed E-state index contributed by atoms with van der Waals surface area (Å²) in [5, 5.41) is 0. The number of carbonyl (C=O) groups excluding carboxylic acids is 1. The first-order chi connectivity index (χ1) is 5.04. The van der Waals surface area contributed by atoms with Gasteiger partial charge in [0.2, 0.25) is 0 Å². The van der Waals surface area contributed by atoms with E-state index in [2.05, 4.69) is 31.9 Å². The van der Waals surface area contributed by atoms with Crippen LogP contribution in [0.2, 0.25) is 4.34 Å². The Morgan fingerprint density at radius 2 is 2.09 bits per heavy atom. The molecule has 1 aromatic rings. The van der Waals surface area contributed by atoms with Crippen LogP contribution in [0.25, 0.3) is 0 Å². The molecule has 0 unspecified atom stereocenters. The molecule has 11 heavy (non-hydrogen) atoms. The molecule has 0 aliphatic carbocycles. The lowest BCUT2D eigenvalue weighted by atomic mass is 10.2. The summed E-state index contributed by atoms with van der Waals surface area (Å²) in [6.07, 6.45) is 0. The third-order valence-electron chi connectivity index (χ3n) is 1.12. The summed E-state index contributed by atoms with van der Waals surface area (Å²) in [7, 11) is 0. The van der Waals surface area contributed by atoms with Crippen molar-refractivity contribution in [1.82, 2.24) is 0 Å². The normalized spacial score (nSPS) is 10.2. The van der Waals surface area contributed by atoms with E-state index in [4.69, 9.17) is 11.6 Å². The van der Waals surface area contributed by atoms with Gasteiger partial charge in [-0.15, -0.1) is 11.3 Å². The van der Waals surface area contributed by atoms with Gasteiger partial charge in [0.15, 0.2) is 5.78 Å². The Morgan fingerprint density at radius 1 is 1.55 bits per heavy atom. The molecule has 0 atom stereocenters. The summed E-state index contributed by atoms with van der Waals surface area (Å²) in [6, 6.07) is 0. The van der Waals surface area contributed by atoms with Crippen LogP contribution in [0.5, 0.6) is 0 Å². The van der Waals surface area contributed by atoms with Crippen molar-refractivity contribution in [3.8, 4) is 0 Å². The van der Waals surface area contributed by atoms with Crippen LogP contribution < -0.4 is 0 Å². The maximum absolute atomic E-state index is 11.0. The lowest BCUT2D eigenvalue weighted by Gasteiger charge is -1.90. The van der Waals surface area contributed by atoms with Gasteiger partial charge in [-0.2, -0.15) is 0 Å². The van der Waals surface area contributed by atoms with Gasteiger partial charge >= 0.3 is 0 Å². The fourth-order valence-electron chi connectivity index (χ4n) is 0.652. The first kappa shape index (κ1) is 9.71. The second-order valence-corrected chi connectivity index (χ2v) is 5.63. The molecule has 0 aromatic carbocycles. The Hall–Kier alpha value is 0.620. The van der Waals surface area contributed by atoms with E-state index < -0.39 is 0 Å². The molecule has 0 N–H and O–H groups in total. The van der Waals surface area contributed by atoms with Gasteiger partial charge in [-0.25, -0.2) is 0 Å². The maximum atomic E-state index is 11.0. The summed E-state index contributed by atoms with van der Waals surface area (Å²) in [4.78, 5) is 11.0. The molecular weight excluding hydrogens is 315 g/mol. The fraction of sp³-hybridized carbons (Fsp3) is 0.167. The summed E-state index contributed by atoms with van der Waals surface area (Å²) in [5.74, 6) is 0.00639. The number of hydrogen-bond acceptors (Lipinski definition) is 2. The fourth-order valence-corrected chi connectivity index (χ4v) is 4.03. The number of ketones is 1. The van der Waals surface area contributed by atoms with E-state index in [-0.39, 0.29) is 5.78 Å². The molecule has 0 aliphatic rings. The molecule has 0 radical (unpaired) electrons. The minimum Gasteiger partial charge on any atom is -0.294 e. The number of halogens is 3. The van der Waals surface area contributed by atoms with Gasteiger partial charge < -0.3 is 0 Å². The molecule has 60 valence electrons. The van der Waals surface area contributed by atoms with Crippen molar-refractivity contribution in [2.45, 2.75) is 6.92 Å².